The number of nitrogens with zero attached hydrogens (tertiary/aromatic N) is 3. The summed E-state index contributed by atoms with van der Waals surface area (Å²) >= 11 is 1.68. The maximum absolute atomic E-state index is 11.9. The number of aromatic nitrogens is 2. The fourth-order valence-corrected chi connectivity index (χ4v) is 3.67. The van der Waals surface area contributed by atoms with Crippen LogP contribution in [0.25, 0.3) is 0 Å². The van der Waals surface area contributed by atoms with E-state index in [-0.39, 0.29) is 11.9 Å². The van der Waals surface area contributed by atoms with E-state index in [4.69, 9.17) is 4.98 Å². The lowest BCUT2D eigenvalue weighted by molar-refractivity contribution is -0.121. The monoisotopic (exact) mass is 350 g/mol. The van der Waals surface area contributed by atoms with Gasteiger partial charge in [-0.15, -0.1) is 0 Å². The average Bonchev–Trinajstić information content (AvgIpc) is 2.59. The molecule has 6 heteroatoms. The summed E-state index contributed by atoms with van der Waals surface area (Å²) in [5, 5.41) is 3.04. The first-order valence-corrected chi connectivity index (χ1v) is 10.3. The Bertz CT molecular complexity index is 546. The van der Waals surface area contributed by atoms with E-state index < -0.39 is 0 Å². The second kappa shape index (κ2) is 9.25. The largest absolute Gasteiger partial charge is 0.349 e. The fourth-order valence-electron chi connectivity index (χ4n) is 3.28. The molecule has 1 heterocycles. The summed E-state index contributed by atoms with van der Waals surface area (Å²) < 4.78 is 0. The van der Waals surface area contributed by atoms with Crippen molar-refractivity contribution in [3.05, 3.63) is 17.5 Å². The van der Waals surface area contributed by atoms with Crippen LogP contribution in [0, 0.1) is 6.92 Å². The van der Waals surface area contributed by atoms with E-state index in [1.807, 2.05) is 26.3 Å². The molecule has 1 N–H and O–H groups in total. The lowest BCUT2D eigenvalue weighted by Crippen LogP contribution is -2.35. The molecule has 0 aromatic carbocycles. The van der Waals surface area contributed by atoms with Gasteiger partial charge in [0.2, 0.25) is 11.9 Å². The summed E-state index contributed by atoms with van der Waals surface area (Å²) in [4.78, 5) is 23.4. The molecular weight excluding hydrogens is 320 g/mol. The van der Waals surface area contributed by atoms with Gasteiger partial charge in [-0.25, -0.2) is 9.97 Å². The van der Waals surface area contributed by atoms with Crippen molar-refractivity contribution in [2.24, 2.45) is 0 Å². The highest BCUT2D eigenvalue weighted by atomic mass is 32.2. The molecule has 24 heavy (non-hydrogen) atoms. The van der Waals surface area contributed by atoms with E-state index in [2.05, 4.69) is 22.2 Å². The van der Waals surface area contributed by atoms with E-state index >= 15 is 0 Å². The molecule has 1 atom stereocenters. The van der Waals surface area contributed by atoms with Crippen molar-refractivity contribution in [3.63, 3.8) is 0 Å². The van der Waals surface area contributed by atoms with Crippen LogP contribution in [0.15, 0.2) is 6.20 Å². The van der Waals surface area contributed by atoms with Crippen LogP contribution in [-0.2, 0) is 4.79 Å². The van der Waals surface area contributed by atoms with Gasteiger partial charge in [-0.2, -0.15) is 11.8 Å². The van der Waals surface area contributed by atoms with Gasteiger partial charge >= 0.3 is 0 Å². The molecular formula is C18H30N4OS. The second-order valence-electron chi connectivity index (χ2n) is 6.65. The maximum atomic E-state index is 11.9. The van der Waals surface area contributed by atoms with Crippen molar-refractivity contribution in [2.45, 2.75) is 64.5 Å². The first-order valence-electron chi connectivity index (χ1n) is 8.87. The minimum Gasteiger partial charge on any atom is -0.349 e. The highest BCUT2D eigenvalue weighted by Gasteiger charge is 2.21. The number of anilines is 1. The van der Waals surface area contributed by atoms with Gasteiger partial charge in [0.1, 0.15) is 0 Å². The number of hydrogen-bond acceptors (Lipinski definition) is 5. The first-order chi connectivity index (χ1) is 11.5. The Morgan fingerprint density at radius 2 is 2.12 bits per heavy atom. The maximum Gasteiger partial charge on any atom is 0.225 e. The number of aryl methyl sites for hydroxylation is 1. The molecule has 1 amide bonds. The Morgan fingerprint density at radius 3 is 2.75 bits per heavy atom. The zero-order chi connectivity index (χ0) is 17.5. The molecule has 1 aromatic heterocycles. The van der Waals surface area contributed by atoms with Crippen LogP contribution < -0.4 is 10.2 Å². The number of carbonyl (C=O) groups excluding carboxylic acids is 1. The van der Waals surface area contributed by atoms with Gasteiger partial charge in [0, 0.05) is 42.7 Å². The number of carbonyl (C=O) groups is 1. The van der Waals surface area contributed by atoms with Crippen molar-refractivity contribution < 1.29 is 4.79 Å². The molecule has 1 aliphatic carbocycles. The van der Waals surface area contributed by atoms with E-state index in [0.29, 0.717) is 12.5 Å². The molecule has 2 rings (SSSR count). The van der Waals surface area contributed by atoms with Crippen molar-refractivity contribution in [1.82, 2.24) is 15.3 Å². The predicted octanol–water partition coefficient (Wildman–Crippen LogP) is 3.48. The van der Waals surface area contributed by atoms with Gasteiger partial charge in [-0.05, 0) is 32.9 Å². The van der Waals surface area contributed by atoms with E-state index in [1.165, 1.54) is 32.1 Å². The smallest absolute Gasteiger partial charge is 0.225 e. The molecule has 0 radical (unpaired) electrons. The molecule has 0 aliphatic heterocycles. The summed E-state index contributed by atoms with van der Waals surface area (Å²) in [7, 11) is 2.10. The Labute approximate surface area is 150 Å². The average molecular weight is 351 g/mol. The summed E-state index contributed by atoms with van der Waals surface area (Å²) in [6, 6.07) is 0.487. The summed E-state index contributed by atoms with van der Waals surface area (Å²) in [6.07, 6.45) is 10.8. The zero-order valence-electron chi connectivity index (χ0n) is 15.3. The molecule has 0 saturated heterocycles. The first kappa shape index (κ1) is 19.0. The van der Waals surface area contributed by atoms with Gasteiger partial charge in [-0.1, -0.05) is 19.3 Å². The Morgan fingerprint density at radius 1 is 1.42 bits per heavy atom. The molecule has 1 saturated carbocycles. The minimum absolute atomic E-state index is 0.0617. The number of hydrogen-bond donors (Lipinski definition) is 1. The summed E-state index contributed by atoms with van der Waals surface area (Å²) in [5.74, 6) is 1.72. The SMILES string of the molecule is CSCCC(=O)N[C@H](C)c1cnc(N(C)C2CCCCC2)nc1C. The molecule has 1 aliphatic rings. The topological polar surface area (TPSA) is 58.1 Å². The molecule has 5 nitrogen and oxygen atoms in total. The third-order valence-corrected chi connectivity index (χ3v) is 5.43. The molecule has 0 spiro atoms. The third kappa shape index (κ3) is 5.10. The van der Waals surface area contributed by atoms with Gasteiger partial charge in [0.25, 0.3) is 0 Å². The lowest BCUT2D eigenvalue weighted by atomic mass is 9.95. The number of thioether (sulfide) groups is 1. The molecule has 1 fully saturated rings. The quantitative estimate of drug-likeness (QED) is 0.816. The predicted molar refractivity (Wildman–Crippen MR) is 102 cm³/mol. The van der Waals surface area contributed by atoms with Crippen LogP contribution in [0.2, 0.25) is 0 Å². The van der Waals surface area contributed by atoms with E-state index in [9.17, 15) is 4.79 Å². The van der Waals surface area contributed by atoms with Crippen molar-refractivity contribution in [2.75, 3.05) is 24.0 Å². The van der Waals surface area contributed by atoms with E-state index in [0.717, 1.165) is 23.0 Å². The third-order valence-electron chi connectivity index (χ3n) is 4.82. The number of rotatable bonds is 7. The highest BCUT2D eigenvalue weighted by Crippen LogP contribution is 2.25. The standard InChI is InChI=1S/C18H30N4OS/c1-13(20-17(23)10-11-24-4)16-12-19-18(21-14(16)2)22(3)15-8-6-5-7-9-15/h12-13,15H,5-11H2,1-4H3,(H,20,23)/t13-/m1/s1. The van der Waals surface area contributed by atoms with E-state index in [1.54, 1.807) is 11.8 Å². The van der Waals surface area contributed by atoms with Gasteiger partial charge < -0.3 is 10.2 Å². The van der Waals surface area contributed by atoms with Crippen LogP contribution in [0.5, 0.6) is 0 Å². The van der Waals surface area contributed by atoms with Gasteiger partial charge in [0.05, 0.1) is 6.04 Å². The van der Waals surface area contributed by atoms with Crippen molar-refractivity contribution in [1.29, 1.82) is 0 Å². The van der Waals surface area contributed by atoms with Crippen LogP contribution in [-0.4, -0.2) is 41.0 Å². The number of amides is 1. The molecule has 0 bridgehead atoms. The Balaban J connectivity index is 2.01. The van der Waals surface area contributed by atoms with Crippen molar-refractivity contribution in [3.8, 4) is 0 Å². The van der Waals surface area contributed by atoms with Crippen LogP contribution >= 0.6 is 11.8 Å². The Hall–Kier alpha value is -1.30. The van der Waals surface area contributed by atoms with Crippen LogP contribution in [0.3, 0.4) is 0 Å². The minimum atomic E-state index is -0.0617. The summed E-state index contributed by atoms with van der Waals surface area (Å²) in [5.41, 5.74) is 1.94. The van der Waals surface area contributed by atoms with Gasteiger partial charge in [0.15, 0.2) is 0 Å². The molecule has 0 unspecified atom stereocenters. The fraction of sp³-hybridized carbons (Fsp3) is 0.722. The zero-order valence-corrected chi connectivity index (χ0v) is 16.2. The molecule has 134 valence electrons. The van der Waals surface area contributed by atoms with Crippen LogP contribution in [0.1, 0.15) is 62.7 Å². The number of nitrogens with one attached hydrogen (secondary N) is 1. The van der Waals surface area contributed by atoms with Crippen molar-refractivity contribution >= 4 is 23.6 Å². The van der Waals surface area contributed by atoms with Crippen LogP contribution in [0.4, 0.5) is 5.95 Å². The highest BCUT2D eigenvalue weighted by molar-refractivity contribution is 7.98. The second-order valence-corrected chi connectivity index (χ2v) is 7.63. The van der Waals surface area contributed by atoms with Gasteiger partial charge in [-0.3, -0.25) is 4.79 Å². The normalized spacial score (nSPS) is 16.7. The summed E-state index contributed by atoms with van der Waals surface area (Å²) in [6.45, 7) is 3.99. The lowest BCUT2D eigenvalue weighted by Gasteiger charge is -2.31. The molecule has 1 aromatic rings. The Kier molecular flexibility index (Phi) is 7.34.